The van der Waals surface area contributed by atoms with E-state index in [1.807, 2.05) is 28.8 Å². The number of nitrogens with one attached hydrogen (secondary N) is 1. The Kier molecular flexibility index (Phi) is 8.09. The molecule has 10 heteroatoms. The lowest BCUT2D eigenvalue weighted by Gasteiger charge is -2.18. The predicted octanol–water partition coefficient (Wildman–Crippen LogP) is 6.75. The van der Waals surface area contributed by atoms with Crippen molar-refractivity contribution in [3.63, 3.8) is 0 Å². The normalized spacial score (nSPS) is 13.0. The number of anilines is 1. The number of benzene rings is 4. The third-order valence-electron chi connectivity index (χ3n) is 8.33. The van der Waals surface area contributed by atoms with Crippen molar-refractivity contribution in [2.75, 3.05) is 11.9 Å². The molecule has 0 radical (unpaired) electrons. The molecule has 1 atom stereocenters. The van der Waals surface area contributed by atoms with Gasteiger partial charge in [-0.25, -0.2) is 4.98 Å². The number of hydrogen-bond donors (Lipinski definition) is 2. The molecule has 0 saturated carbocycles. The summed E-state index contributed by atoms with van der Waals surface area (Å²) in [6, 6.07) is 30.8. The van der Waals surface area contributed by atoms with Gasteiger partial charge in [-0.1, -0.05) is 72.8 Å². The molecular formula is C36H32N6O4. The summed E-state index contributed by atoms with van der Waals surface area (Å²) in [4.78, 5) is 24.8. The van der Waals surface area contributed by atoms with E-state index < -0.39 is 11.0 Å². The molecule has 0 spiro atoms. The Labute approximate surface area is 265 Å². The highest BCUT2D eigenvalue weighted by molar-refractivity contribution is 5.83. The van der Waals surface area contributed by atoms with Crippen LogP contribution in [0.4, 0.5) is 11.5 Å². The molecule has 2 heterocycles. The molecule has 2 aromatic heterocycles. The predicted molar refractivity (Wildman–Crippen MR) is 176 cm³/mol. The minimum absolute atomic E-state index is 0.0170. The van der Waals surface area contributed by atoms with Crippen LogP contribution in [0.3, 0.4) is 0 Å². The van der Waals surface area contributed by atoms with Gasteiger partial charge in [0.1, 0.15) is 5.75 Å². The summed E-state index contributed by atoms with van der Waals surface area (Å²) in [7, 11) is 0. The van der Waals surface area contributed by atoms with Gasteiger partial charge in [0, 0.05) is 12.1 Å². The first kappa shape index (κ1) is 29.1. The van der Waals surface area contributed by atoms with Crippen molar-refractivity contribution in [2.24, 2.45) is 0 Å². The Morgan fingerprint density at radius 1 is 0.891 bits per heavy atom. The Bertz CT molecular complexity index is 1990. The van der Waals surface area contributed by atoms with Gasteiger partial charge in [-0.15, -0.1) is 0 Å². The lowest BCUT2D eigenvalue weighted by Crippen LogP contribution is -2.27. The van der Waals surface area contributed by atoms with Crippen molar-refractivity contribution in [2.45, 2.75) is 38.3 Å². The zero-order chi connectivity index (χ0) is 31.5. The van der Waals surface area contributed by atoms with Crippen LogP contribution in [0.2, 0.25) is 0 Å². The van der Waals surface area contributed by atoms with Crippen LogP contribution in [0.1, 0.15) is 28.7 Å². The van der Waals surface area contributed by atoms with E-state index in [9.17, 15) is 15.2 Å². The SMILES string of the molecule is O=[N+]([O-])c1ccc(CC(CO)Nc2nc(Oc3ccc4c(c3)CCC4)nc3c2ncn3Cc2ccc(-c3ccccc3)cc2)cc1. The molecule has 0 amide bonds. The Morgan fingerprint density at radius 2 is 1.63 bits per heavy atom. The van der Waals surface area contributed by atoms with E-state index in [1.54, 1.807) is 18.5 Å². The summed E-state index contributed by atoms with van der Waals surface area (Å²) < 4.78 is 8.19. The maximum Gasteiger partial charge on any atom is 0.326 e. The number of nitrogens with zero attached hydrogens (tertiary/aromatic N) is 5. The molecule has 0 saturated heterocycles. The molecule has 6 aromatic rings. The van der Waals surface area contributed by atoms with Crippen molar-refractivity contribution >= 4 is 22.7 Å². The molecule has 4 aromatic carbocycles. The number of hydrogen-bond acceptors (Lipinski definition) is 8. The smallest absolute Gasteiger partial charge is 0.326 e. The summed E-state index contributed by atoms with van der Waals surface area (Å²) >= 11 is 0. The van der Waals surface area contributed by atoms with E-state index in [4.69, 9.17) is 14.7 Å². The van der Waals surface area contributed by atoms with Crippen LogP contribution < -0.4 is 10.1 Å². The Morgan fingerprint density at radius 3 is 2.39 bits per heavy atom. The van der Waals surface area contributed by atoms with Crippen LogP contribution in [-0.2, 0) is 25.8 Å². The van der Waals surface area contributed by atoms with Gasteiger partial charge in [0.25, 0.3) is 5.69 Å². The molecule has 10 nitrogen and oxygen atoms in total. The maximum absolute atomic E-state index is 11.1. The van der Waals surface area contributed by atoms with Crippen molar-refractivity contribution in [3.05, 3.63) is 136 Å². The quantitative estimate of drug-likeness (QED) is 0.122. The van der Waals surface area contributed by atoms with Gasteiger partial charge >= 0.3 is 6.01 Å². The van der Waals surface area contributed by atoms with Crippen LogP contribution in [0.5, 0.6) is 11.8 Å². The zero-order valence-corrected chi connectivity index (χ0v) is 25.0. The molecule has 2 N–H and O–H groups in total. The van der Waals surface area contributed by atoms with Crippen molar-refractivity contribution in [1.29, 1.82) is 0 Å². The monoisotopic (exact) mass is 612 g/mol. The van der Waals surface area contributed by atoms with Gasteiger partial charge in [0.15, 0.2) is 17.0 Å². The first-order valence-corrected chi connectivity index (χ1v) is 15.3. The lowest BCUT2D eigenvalue weighted by atomic mass is 10.0. The number of aromatic nitrogens is 4. The molecule has 0 aliphatic heterocycles. The largest absolute Gasteiger partial charge is 0.424 e. The second-order valence-electron chi connectivity index (χ2n) is 11.5. The second kappa shape index (κ2) is 12.8. The number of rotatable bonds is 11. The number of fused-ring (bicyclic) bond motifs is 2. The zero-order valence-electron chi connectivity index (χ0n) is 25.0. The molecule has 46 heavy (non-hydrogen) atoms. The number of ether oxygens (including phenoxy) is 1. The van der Waals surface area contributed by atoms with Gasteiger partial charge in [-0.2, -0.15) is 9.97 Å². The van der Waals surface area contributed by atoms with Crippen LogP contribution >= 0.6 is 0 Å². The third kappa shape index (κ3) is 6.29. The van der Waals surface area contributed by atoms with Crippen molar-refractivity contribution < 1.29 is 14.8 Å². The molecular weight excluding hydrogens is 580 g/mol. The van der Waals surface area contributed by atoms with E-state index in [-0.39, 0.29) is 18.3 Å². The van der Waals surface area contributed by atoms with Crippen LogP contribution in [0.25, 0.3) is 22.3 Å². The van der Waals surface area contributed by atoms with Crippen LogP contribution in [-0.4, -0.2) is 42.2 Å². The van der Waals surface area contributed by atoms with Gasteiger partial charge in [-0.05, 0) is 71.2 Å². The molecule has 1 aliphatic carbocycles. The van der Waals surface area contributed by atoms with Crippen molar-refractivity contribution in [1.82, 2.24) is 19.5 Å². The maximum atomic E-state index is 11.1. The summed E-state index contributed by atoms with van der Waals surface area (Å²) in [5.41, 5.74) is 8.00. The molecule has 1 aliphatic rings. The minimum atomic E-state index is -0.442. The van der Waals surface area contributed by atoms with E-state index >= 15 is 0 Å². The third-order valence-corrected chi connectivity index (χ3v) is 8.33. The van der Waals surface area contributed by atoms with Gasteiger partial charge in [0.05, 0.1) is 30.4 Å². The summed E-state index contributed by atoms with van der Waals surface area (Å²) in [6.45, 7) is 0.338. The van der Waals surface area contributed by atoms with E-state index in [2.05, 4.69) is 58.8 Å². The number of aryl methyl sites for hydroxylation is 2. The highest BCUT2D eigenvalue weighted by Crippen LogP contribution is 2.30. The van der Waals surface area contributed by atoms with E-state index in [0.29, 0.717) is 35.7 Å². The fraction of sp³-hybridized carbons (Fsp3) is 0.194. The number of non-ortho nitro benzene ring substituents is 1. The van der Waals surface area contributed by atoms with Gasteiger partial charge in [-0.3, -0.25) is 10.1 Å². The fourth-order valence-electron chi connectivity index (χ4n) is 5.93. The van der Waals surface area contributed by atoms with Crippen LogP contribution in [0.15, 0.2) is 103 Å². The topological polar surface area (TPSA) is 128 Å². The lowest BCUT2D eigenvalue weighted by molar-refractivity contribution is -0.384. The summed E-state index contributed by atoms with van der Waals surface area (Å²) in [5, 5.41) is 24.7. The van der Waals surface area contributed by atoms with Crippen LogP contribution in [0, 0.1) is 10.1 Å². The molecule has 7 rings (SSSR count). The number of nitro groups is 1. The average molecular weight is 613 g/mol. The van der Waals surface area contributed by atoms with E-state index in [0.717, 1.165) is 41.5 Å². The molecule has 230 valence electrons. The number of aliphatic hydroxyl groups is 1. The first-order valence-electron chi connectivity index (χ1n) is 15.3. The molecule has 0 bridgehead atoms. The molecule has 0 fully saturated rings. The summed E-state index contributed by atoms with van der Waals surface area (Å²) in [6.07, 6.45) is 5.39. The van der Waals surface area contributed by atoms with Crippen molar-refractivity contribution in [3.8, 4) is 22.9 Å². The minimum Gasteiger partial charge on any atom is -0.424 e. The number of nitro benzene ring substituents is 1. The second-order valence-corrected chi connectivity index (χ2v) is 11.5. The standard InChI is InChI=1S/C36H32N6O4/c43-22-30(19-24-11-16-31(17-12-24)42(44)45)38-34-33-35(40-36(39-34)46-32-18-15-27-7-4-8-29(27)20-32)41(23-37-33)21-25-9-13-28(14-10-25)26-5-2-1-3-6-26/h1-3,5-6,9-18,20,23,30,43H,4,7-8,19,21-22H2,(H,38,39,40). The Balaban J connectivity index is 1.19. The van der Waals surface area contributed by atoms with Gasteiger partial charge in [0.2, 0.25) is 0 Å². The Hall–Kier alpha value is -5.61. The number of imidazole rings is 1. The fourth-order valence-corrected chi connectivity index (χ4v) is 5.93. The number of aliphatic hydroxyl groups excluding tert-OH is 1. The average Bonchev–Trinajstić information content (AvgIpc) is 3.72. The highest BCUT2D eigenvalue weighted by Gasteiger charge is 2.20. The van der Waals surface area contributed by atoms with E-state index in [1.165, 1.54) is 23.3 Å². The molecule has 1 unspecified atom stereocenters. The summed E-state index contributed by atoms with van der Waals surface area (Å²) in [5.74, 6) is 1.10. The highest BCUT2D eigenvalue weighted by atomic mass is 16.6. The van der Waals surface area contributed by atoms with Gasteiger partial charge < -0.3 is 19.7 Å². The first-order chi connectivity index (χ1) is 22.5.